The molecule has 0 saturated heterocycles. The molecule has 1 aromatic rings. The lowest BCUT2D eigenvalue weighted by Gasteiger charge is -2.29. The number of para-hydroxylation sites is 1. The highest BCUT2D eigenvalue weighted by molar-refractivity contribution is 8.15. The van der Waals surface area contributed by atoms with E-state index in [9.17, 15) is 14.4 Å². The zero-order valence-electron chi connectivity index (χ0n) is 13.3. The van der Waals surface area contributed by atoms with E-state index in [0.29, 0.717) is 17.8 Å². The third-order valence-corrected chi connectivity index (χ3v) is 4.96. The van der Waals surface area contributed by atoms with E-state index in [1.165, 1.54) is 13.8 Å². The first-order valence-corrected chi connectivity index (χ1v) is 8.12. The van der Waals surface area contributed by atoms with Crippen molar-refractivity contribution >= 4 is 40.3 Å². The number of carbonyl (C=O) groups excluding carboxylic acids is 3. The number of carbonyl (C=O) groups is 3. The standard InChI is InChI=1S/C16H16N4O3S/c1-4-9-19-13-8-6-5-7-12(13)16(14(19)23)20(11(3)22)18-15(24-16)17-10(2)21/h4-8H,1,9H2,2-3H3,(H,17,18,21)/t16-/m0/s1. The monoisotopic (exact) mass is 344 g/mol. The highest BCUT2D eigenvalue weighted by atomic mass is 32.2. The van der Waals surface area contributed by atoms with E-state index >= 15 is 0 Å². The van der Waals surface area contributed by atoms with E-state index in [-0.39, 0.29) is 22.9 Å². The summed E-state index contributed by atoms with van der Waals surface area (Å²) in [6.45, 7) is 6.70. The number of hydrazone groups is 1. The molecule has 8 heteroatoms. The second-order valence-electron chi connectivity index (χ2n) is 5.38. The maximum absolute atomic E-state index is 13.2. The summed E-state index contributed by atoms with van der Waals surface area (Å²) >= 11 is 1.06. The third-order valence-electron chi connectivity index (χ3n) is 3.72. The molecule has 1 spiro atoms. The van der Waals surface area contributed by atoms with Crippen molar-refractivity contribution in [3.63, 3.8) is 0 Å². The molecule has 0 aromatic heterocycles. The number of fused-ring (bicyclic) bond motifs is 2. The number of hydrogen-bond acceptors (Lipinski definition) is 5. The van der Waals surface area contributed by atoms with E-state index in [2.05, 4.69) is 17.0 Å². The van der Waals surface area contributed by atoms with E-state index in [1.54, 1.807) is 23.1 Å². The third kappa shape index (κ3) is 2.22. The van der Waals surface area contributed by atoms with Crippen LogP contribution in [-0.2, 0) is 19.3 Å². The minimum atomic E-state index is -1.33. The molecule has 124 valence electrons. The fraction of sp³-hybridized carbons (Fsp3) is 0.250. The zero-order valence-corrected chi connectivity index (χ0v) is 14.1. The number of rotatable bonds is 2. The fourth-order valence-electron chi connectivity index (χ4n) is 2.87. The minimum absolute atomic E-state index is 0.223. The Morgan fingerprint density at radius 3 is 2.71 bits per heavy atom. The van der Waals surface area contributed by atoms with Gasteiger partial charge < -0.3 is 10.2 Å². The summed E-state index contributed by atoms with van der Waals surface area (Å²) in [6.07, 6.45) is 1.63. The molecule has 0 bridgehead atoms. The quantitative estimate of drug-likeness (QED) is 0.822. The van der Waals surface area contributed by atoms with Gasteiger partial charge in [-0.2, -0.15) is 5.01 Å². The summed E-state index contributed by atoms with van der Waals surface area (Å²) in [4.78, 5) is 37.0. The average Bonchev–Trinajstić information content (AvgIpc) is 3.01. The maximum atomic E-state index is 13.2. The number of benzene rings is 1. The van der Waals surface area contributed by atoms with Gasteiger partial charge in [0, 0.05) is 26.0 Å². The molecule has 0 fully saturated rings. The van der Waals surface area contributed by atoms with Crippen molar-refractivity contribution in [1.82, 2.24) is 10.3 Å². The minimum Gasteiger partial charge on any atom is -0.305 e. The summed E-state index contributed by atoms with van der Waals surface area (Å²) in [5, 5.41) is 8.10. The Bertz CT molecular complexity index is 791. The number of nitrogens with one attached hydrogen (secondary N) is 1. The van der Waals surface area contributed by atoms with Gasteiger partial charge in [-0.15, -0.1) is 11.7 Å². The molecule has 7 nitrogen and oxygen atoms in total. The molecule has 1 atom stereocenters. The zero-order chi connectivity index (χ0) is 17.5. The van der Waals surface area contributed by atoms with Crippen molar-refractivity contribution < 1.29 is 14.4 Å². The smallest absolute Gasteiger partial charge is 0.271 e. The van der Waals surface area contributed by atoms with Crippen LogP contribution in [0.2, 0.25) is 0 Å². The largest absolute Gasteiger partial charge is 0.305 e. The second-order valence-corrected chi connectivity index (χ2v) is 6.57. The van der Waals surface area contributed by atoms with E-state index in [0.717, 1.165) is 16.8 Å². The molecular formula is C16H16N4O3S. The topological polar surface area (TPSA) is 82.1 Å². The Hall–Kier alpha value is -2.61. The number of anilines is 1. The molecule has 2 aliphatic rings. The van der Waals surface area contributed by atoms with Crippen molar-refractivity contribution in [3.05, 3.63) is 42.5 Å². The Balaban J connectivity index is 2.15. The predicted molar refractivity (Wildman–Crippen MR) is 92.0 cm³/mol. The van der Waals surface area contributed by atoms with Gasteiger partial charge in [-0.3, -0.25) is 14.4 Å². The van der Waals surface area contributed by atoms with Crippen LogP contribution in [0.3, 0.4) is 0 Å². The van der Waals surface area contributed by atoms with Crippen LogP contribution >= 0.6 is 11.8 Å². The summed E-state index contributed by atoms with van der Waals surface area (Å²) < 4.78 is 0. The van der Waals surface area contributed by atoms with E-state index in [4.69, 9.17) is 0 Å². The summed E-state index contributed by atoms with van der Waals surface area (Å²) in [5.74, 6) is -0.983. The first-order valence-electron chi connectivity index (χ1n) is 7.30. The lowest BCUT2D eigenvalue weighted by molar-refractivity contribution is -0.139. The summed E-state index contributed by atoms with van der Waals surface area (Å²) in [7, 11) is 0. The van der Waals surface area contributed by atoms with E-state index in [1.807, 2.05) is 12.1 Å². The molecule has 0 radical (unpaired) electrons. The lowest BCUT2D eigenvalue weighted by Crippen LogP contribution is -2.48. The number of amidine groups is 1. The molecule has 0 unspecified atom stereocenters. The fourth-order valence-corrected chi connectivity index (χ4v) is 4.21. The summed E-state index contributed by atoms with van der Waals surface area (Å²) in [5.41, 5.74) is 1.38. The van der Waals surface area contributed by atoms with Crippen molar-refractivity contribution in [1.29, 1.82) is 0 Å². The Kier molecular flexibility index (Phi) is 3.92. The number of amides is 3. The van der Waals surface area contributed by atoms with Crippen LogP contribution in [0.1, 0.15) is 19.4 Å². The average molecular weight is 344 g/mol. The Morgan fingerprint density at radius 2 is 2.08 bits per heavy atom. The Morgan fingerprint density at radius 1 is 1.38 bits per heavy atom. The van der Waals surface area contributed by atoms with Crippen LogP contribution < -0.4 is 10.2 Å². The van der Waals surface area contributed by atoms with Gasteiger partial charge in [0.25, 0.3) is 5.91 Å². The van der Waals surface area contributed by atoms with Crippen LogP contribution in [0, 0.1) is 0 Å². The molecular weight excluding hydrogens is 328 g/mol. The van der Waals surface area contributed by atoms with Crippen LogP contribution in [-0.4, -0.2) is 34.4 Å². The first-order chi connectivity index (χ1) is 11.4. The Labute approximate surface area is 143 Å². The van der Waals surface area contributed by atoms with Gasteiger partial charge >= 0.3 is 0 Å². The lowest BCUT2D eigenvalue weighted by atomic mass is 10.1. The number of hydrogen-bond donors (Lipinski definition) is 1. The molecule has 24 heavy (non-hydrogen) atoms. The van der Waals surface area contributed by atoms with Gasteiger partial charge in [-0.25, -0.2) is 0 Å². The van der Waals surface area contributed by atoms with Crippen LogP contribution in [0.15, 0.2) is 42.0 Å². The second kappa shape index (κ2) is 5.79. The number of thioether (sulfide) groups is 1. The van der Waals surface area contributed by atoms with Crippen molar-refractivity contribution in [2.24, 2.45) is 5.10 Å². The molecule has 2 heterocycles. The molecule has 0 aliphatic carbocycles. The first kappa shape index (κ1) is 16.3. The molecule has 0 saturated carbocycles. The summed E-state index contributed by atoms with van der Waals surface area (Å²) in [6, 6.07) is 7.25. The van der Waals surface area contributed by atoms with Gasteiger partial charge in [-0.05, 0) is 17.8 Å². The number of nitrogens with zero attached hydrogens (tertiary/aromatic N) is 3. The van der Waals surface area contributed by atoms with Gasteiger partial charge in [0.15, 0.2) is 5.17 Å². The normalized spacial score (nSPS) is 21.8. The van der Waals surface area contributed by atoms with Crippen molar-refractivity contribution in [3.8, 4) is 0 Å². The molecule has 1 N–H and O–H groups in total. The highest BCUT2D eigenvalue weighted by Gasteiger charge is 2.60. The van der Waals surface area contributed by atoms with Crippen LogP contribution in [0.4, 0.5) is 5.69 Å². The maximum Gasteiger partial charge on any atom is 0.271 e. The molecule has 3 amide bonds. The molecule has 1 aromatic carbocycles. The SMILES string of the molecule is C=CCN1C(=O)[C@@]2(SC(NC(C)=O)=NN2C(C)=O)c2ccccc21. The van der Waals surface area contributed by atoms with Crippen LogP contribution in [0.5, 0.6) is 0 Å². The van der Waals surface area contributed by atoms with Crippen molar-refractivity contribution in [2.75, 3.05) is 11.4 Å². The predicted octanol–water partition coefficient (Wildman–Crippen LogP) is 1.37. The van der Waals surface area contributed by atoms with Gasteiger partial charge in [-0.1, -0.05) is 24.3 Å². The van der Waals surface area contributed by atoms with Crippen molar-refractivity contribution in [2.45, 2.75) is 18.7 Å². The molecule has 2 aliphatic heterocycles. The van der Waals surface area contributed by atoms with Gasteiger partial charge in [0.2, 0.25) is 16.7 Å². The molecule has 3 rings (SSSR count). The van der Waals surface area contributed by atoms with Gasteiger partial charge in [0.05, 0.1) is 5.69 Å². The van der Waals surface area contributed by atoms with Crippen LogP contribution in [0.25, 0.3) is 0 Å². The van der Waals surface area contributed by atoms with Gasteiger partial charge in [0.1, 0.15) is 0 Å². The highest BCUT2D eigenvalue weighted by Crippen LogP contribution is 2.54. The van der Waals surface area contributed by atoms with E-state index < -0.39 is 4.87 Å².